The molecule has 3 atom stereocenters. The predicted molar refractivity (Wildman–Crippen MR) is 109 cm³/mol. The van der Waals surface area contributed by atoms with Crippen molar-refractivity contribution in [1.29, 1.82) is 0 Å². The molecule has 2 N–H and O–H groups in total. The van der Waals surface area contributed by atoms with Crippen molar-refractivity contribution in [3.63, 3.8) is 0 Å². The van der Waals surface area contributed by atoms with E-state index in [1.165, 1.54) is 10.6 Å². The van der Waals surface area contributed by atoms with Crippen molar-refractivity contribution in [2.24, 2.45) is 17.8 Å². The fourth-order valence-electron chi connectivity index (χ4n) is 4.35. The monoisotopic (exact) mass is 412 g/mol. The van der Waals surface area contributed by atoms with Crippen molar-refractivity contribution in [2.45, 2.75) is 62.5 Å². The van der Waals surface area contributed by atoms with E-state index in [0.29, 0.717) is 30.3 Å². The summed E-state index contributed by atoms with van der Waals surface area (Å²) in [7, 11) is -3.17. The van der Waals surface area contributed by atoms with Gasteiger partial charge in [-0.15, -0.1) is 11.8 Å². The van der Waals surface area contributed by atoms with Crippen LogP contribution < -0.4 is 10.0 Å². The van der Waals surface area contributed by atoms with E-state index in [1.54, 1.807) is 37.8 Å². The number of sulfonamides is 1. The second kappa shape index (κ2) is 7.56. The van der Waals surface area contributed by atoms with Gasteiger partial charge in [-0.1, -0.05) is 6.08 Å². The first-order valence-corrected chi connectivity index (χ1v) is 12.5. The molecule has 0 bridgehead atoms. The van der Waals surface area contributed by atoms with Gasteiger partial charge in [0.25, 0.3) is 0 Å². The molecule has 27 heavy (non-hydrogen) atoms. The fourth-order valence-corrected chi connectivity index (χ4v) is 6.68. The largest absolute Gasteiger partial charge is 0.377 e. The Hall–Kier alpha value is -0.790. The van der Waals surface area contributed by atoms with Crippen LogP contribution in [0, 0.1) is 17.8 Å². The van der Waals surface area contributed by atoms with Crippen LogP contribution >= 0.6 is 11.8 Å². The third-order valence-corrected chi connectivity index (χ3v) is 9.44. The maximum absolute atomic E-state index is 13.6. The molecule has 4 nitrogen and oxygen atoms in total. The fraction of sp³-hybridized carbons (Fsp3) is 0.700. The minimum absolute atomic E-state index is 0.114. The van der Waals surface area contributed by atoms with Crippen LogP contribution in [0.4, 0.5) is 4.39 Å². The van der Waals surface area contributed by atoms with Crippen molar-refractivity contribution in [2.75, 3.05) is 6.54 Å². The zero-order chi connectivity index (χ0) is 19.2. The molecule has 3 aliphatic carbocycles. The number of allylic oxidation sites excluding steroid dienone is 4. The first-order valence-electron chi connectivity index (χ1n) is 10.0. The molecule has 1 heterocycles. The molecule has 3 unspecified atom stereocenters. The van der Waals surface area contributed by atoms with Gasteiger partial charge < -0.3 is 5.32 Å². The first kappa shape index (κ1) is 19.5. The van der Waals surface area contributed by atoms with Gasteiger partial charge in [0.1, 0.15) is 5.83 Å². The molecule has 0 amide bonds. The number of rotatable bonds is 6. The zero-order valence-electron chi connectivity index (χ0n) is 15.9. The van der Waals surface area contributed by atoms with Gasteiger partial charge in [0.05, 0.1) is 10.3 Å². The zero-order valence-corrected chi connectivity index (χ0v) is 17.6. The molecule has 150 valence electrons. The Kier molecular flexibility index (Phi) is 5.47. The van der Waals surface area contributed by atoms with Gasteiger partial charge in [-0.25, -0.2) is 17.5 Å². The molecule has 7 heteroatoms. The summed E-state index contributed by atoms with van der Waals surface area (Å²) >= 11 is 1.79. The van der Waals surface area contributed by atoms with E-state index in [-0.39, 0.29) is 16.3 Å². The van der Waals surface area contributed by atoms with Crippen LogP contribution in [0.2, 0.25) is 0 Å². The lowest BCUT2D eigenvalue weighted by atomic mass is 9.86. The van der Waals surface area contributed by atoms with Gasteiger partial charge in [-0.05, 0) is 75.5 Å². The van der Waals surface area contributed by atoms with Crippen molar-refractivity contribution in [3.05, 3.63) is 34.7 Å². The van der Waals surface area contributed by atoms with Gasteiger partial charge in [-0.2, -0.15) is 0 Å². The standard InChI is InChI=1S/C20H29FN2O2S2/c1-12(2)27(24,25)22-11-13-3-6-15(7-4-13)23-20-18-10-17(18)16-8-5-14(21)9-19(16)26-20/h5,8-9,12-13,15-17,19,22-23H,3-4,6-7,10-11H2,1-2H3. The van der Waals surface area contributed by atoms with Crippen LogP contribution in [-0.2, 0) is 10.0 Å². The summed E-state index contributed by atoms with van der Waals surface area (Å²) in [5.74, 6) is 1.37. The van der Waals surface area contributed by atoms with Crippen LogP contribution in [0.15, 0.2) is 34.7 Å². The third-order valence-electron chi connectivity index (χ3n) is 6.29. The maximum Gasteiger partial charge on any atom is 0.213 e. The number of fused-ring (bicyclic) bond motifs is 3. The quantitative estimate of drug-likeness (QED) is 0.696. The Labute approximate surface area is 166 Å². The molecule has 0 aromatic heterocycles. The average Bonchev–Trinajstić information content (AvgIpc) is 3.42. The highest BCUT2D eigenvalue weighted by Gasteiger charge is 2.47. The van der Waals surface area contributed by atoms with E-state index in [0.717, 1.165) is 32.1 Å². The van der Waals surface area contributed by atoms with E-state index >= 15 is 0 Å². The lowest BCUT2D eigenvalue weighted by molar-refractivity contribution is 0.305. The van der Waals surface area contributed by atoms with Crippen LogP contribution in [0.3, 0.4) is 0 Å². The number of nitrogens with one attached hydrogen (secondary N) is 2. The summed E-state index contributed by atoms with van der Waals surface area (Å²) in [6.45, 7) is 3.97. The molecule has 4 aliphatic rings. The Balaban J connectivity index is 1.27. The summed E-state index contributed by atoms with van der Waals surface area (Å²) in [6.07, 6.45) is 10.8. The first-order chi connectivity index (χ1) is 12.8. The summed E-state index contributed by atoms with van der Waals surface area (Å²) in [6, 6.07) is 0.448. The highest BCUT2D eigenvalue weighted by atomic mass is 32.2. The number of thioether (sulfide) groups is 1. The van der Waals surface area contributed by atoms with Gasteiger partial charge in [0.2, 0.25) is 10.0 Å². The van der Waals surface area contributed by atoms with E-state index in [4.69, 9.17) is 0 Å². The third kappa shape index (κ3) is 4.30. The number of hydrogen-bond acceptors (Lipinski definition) is 4. The Morgan fingerprint density at radius 1 is 1.26 bits per heavy atom. The van der Waals surface area contributed by atoms with Crippen molar-refractivity contribution in [3.8, 4) is 0 Å². The van der Waals surface area contributed by atoms with Crippen LogP contribution in [0.5, 0.6) is 0 Å². The van der Waals surface area contributed by atoms with E-state index in [2.05, 4.69) is 10.0 Å². The molecule has 2 saturated carbocycles. The molecular weight excluding hydrogens is 383 g/mol. The van der Waals surface area contributed by atoms with Gasteiger partial charge >= 0.3 is 0 Å². The minimum Gasteiger partial charge on any atom is -0.377 e. The molecule has 0 spiro atoms. The van der Waals surface area contributed by atoms with Gasteiger partial charge in [0.15, 0.2) is 0 Å². The van der Waals surface area contributed by atoms with Crippen molar-refractivity contribution < 1.29 is 12.8 Å². The van der Waals surface area contributed by atoms with Crippen LogP contribution in [0.1, 0.15) is 46.0 Å². The summed E-state index contributed by atoms with van der Waals surface area (Å²) in [5, 5.41) is 4.86. The molecule has 0 radical (unpaired) electrons. The second-order valence-electron chi connectivity index (χ2n) is 8.54. The normalized spacial score (nSPS) is 35.6. The van der Waals surface area contributed by atoms with E-state index < -0.39 is 10.0 Å². The summed E-state index contributed by atoms with van der Waals surface area (Å²) in [4.78, 5) is 0. The number of halogens is 1. The molecule has 1 aliphatic heterocycles. The minimum atomic E-state index is -3.17. The Morgan fingerprint density at radius 3 is 2.70 bits per heavy atom. The number of hydrogen-bond donors (Lipinski definition) is 2. The predicted octanol–water partition coefficient (Wildman–Crippen LogP) is 3.85. The van der Waals surface area contributed by atoms with Gasteiger partial charge in [0, 0.05) is 23.8 Å². The molecule has 4 rings (SSSR count). The van der Waals surface area contributed by atoms with Crippen molar-refractivity contribution >= 4 is 21.8 Å². The Morgan fingerprint density at radius 2 is 2.00 bits per heavy atom. The molecule has 0 aromatic rings. The molecular formula is C20H29FN2O2S2. The lowest BCUT2D eigenvalue weighted by Crippen LogP contribution is -2.38. The van der Waals surface area contributed by atoms with Crippen molar-refractivity contribution in [1.82, 2.24) is 10.0 Å². The van der Waals surface area contributed by atoms with E-state index in [1.807, 2.05) is 6.08 Å². The average molecular weight is 413 g/mol. The molecule has 0 aromatic carbocycles. The van der Waals surface area contributed by atoms with Crippen LogP contribution in [0.25, 0.3) is 0 Å². The highest BCUT2D eigenvalue weighted by Crippen LogP contribution is 2.57. The van der Waals surface area contributed by atoms with Gasteiger partial charge in [-0.3, -0.25) is 0 Å². The molecule has 0 saturated heterocycles. The SMILES string of the molecule is CC(C)S(=O)(=O)NCC1CCC(NC2=C3CC3C3C=CC(F)=CC3S2)CC1. The summed E-state index contributed by atoms with van der Waals surface area (Å²) < 4.78 is 40.2. The highest BCUT2D eigenvalue weighted by molar-refractivity contribution is 8.03. The lowest BCUT2D eigenvalue weighted by Gasteiger charge is -2.34. The summed E-state index contributed by atoms with van der Waals surface area (Å²) in [5.41, 5.74) is 1.52. The maximum atomic E-state index is 13.6. The van der Waals surface area contributed by atoms with E-state index in [9.17, 15) is 12.8 Å². The Bertz CT molecular complexity index is 780. The smallest absolute Gasteiger partial charge is 0.213 e. The second-order valence-corrected chi connectivity index (χ2v) is 12.0. The van der Waals surface area contributed by atoms with Crippen LogP contribution in [-0.4, -0.2) is 31.5 Å². The topological polar surface area (TPSA) is 58.2 Å². The molecule has 2 fully saturated rings.